The fourth-order valence-corrected chi connectivity index (χ4v) is 2.32. The second-order valence-corrected chi connectivity index (χ2v) is 5.19. The van der Waals surface area contributed by atoms with Gasteiger partial charge in [-0.3, -0.25) is 14.9 Å². The Morgan fingerprint density at radius 1 is 1.61 bits per heavy atom. The van der Waals surface area contributed by atoms with E-state index >= 15 is 0 Å². The van der Waals surface area contributed by atoms with Crippen LogP contribution in [0.1, 0.15) is 31.2 Å². The van der Waals surface area contributed by atoms with E-state index < -0.39 is 4.92 Å². The average Bonchev–Trinajstić information content (AvgIpc) is 3.08. The third-order valence-corrected chi connectivity index (χ3v) is 3.72. The SMILES string of the molecule is CCC(=O)NC1CC1c1ccc(Br)c([N+](=O)[O-])c1. The van der Waals surface area contributed by atoms with Crippen LogP contribution in [-0.4, -0.2) is 16.9 Å². The molecule has 6 heteroatoms. The summed E-state index contributed by atoms with van der Waals surface area (Å²) in [6.45, 7) is 1.80. The predicted octanol–water partition coefficient (Wildman–Crippen LogP) is 2.74. The zero-order valence-electron chi connectivity index (χ0n) is 9.85. The standard InChI is InChI=1S/C12H13BrN2O3/c1-2-12(16)14-10-6-8(10)7-3-4-9(13)11(5-7)15(17)18/h3-5,8,10H,2,6H2,1H3,(H,14,16). The molecule has 2 rings (SSSR count). The zero-order chi connectivity index (χ0) is 13.3. The predicted molar refractivity (Wildman–Crippen MR) is 70.4 cm³/mol. The Labute approximate surface area is 113 Å². The molecule has 1 saturated carbocycles. The molecular weight excluding hydrogens is 300 g/mol. The van der Waals surface area contributed by atoms with Gasteiger partial charge in [0.2, 0.25) is 5.91 Å². The number of carbonyl (C=O) groups excluding carboxylic acids is 1. The number of amides is 1. The Kier molecular flexibility index (Phi) is 3.65. The maximum atomic E-state index is 11.2. The first-order chi connectivity index (χ1) is 8.52. The summed E-state index contributed by atoms with van der Waals surface area (Å²) in [6, 6.07) is 5.25. The molecule has 1 aliphatic rings. The number of benzene rings is 1. The summed E-state index contributed by atoms with van der Waals surface area (Å²) in [5, 5.41) is 13.7. The van der Waals surface area contributed by atoms with Crippen LogP contribution in [0.25, 0.3) is 0 Å². The summed E-state index contributed by atoms with van der Waals surface area (Å²) < 4.78 is 0.478. The van der Waals surface area contributed by atoms with E-state index in [9.17, 15) is 14.9 Å². The quantitative estimate of drug-likeness (QED) is 0.686. The van der Waals surface area contributed by atoms with Crippen LogP contribution in [0.3, 0.4) is 0 Å². The lowest BCUT2D eigenvalue weighted by Crippen LogP contribution is -2.25. The maximum absolute atomic E-state index is 11.2. The second-order valence-electron chi connectivity index (χ2n) is 4.34. The molecule has 1 aromatic rings. The smallest absolute Gasteiger partial charge is 0.283 e. The molecule has 0 bridgehead atoms. The summed E-state index contributed by atoms with van der Waals surface area (Å²) in [6.07, 6.45) is 1.31. The van der Waals surface area contributed by atoms with Crippen LogP contribution in [0, 0.1) is 10.1 Å². The van der Waals surface area contributed by atoms with Gasteiger partial charge < -0.3 is 5.32 Å². The van der Waals surface area contributed by atoms with Crippen molar-refractivity contribution in [1.82, 2.24) is 5.32 Å². The monoisotopic (exact) mass is 312 g/mol. The van der Waals surface area contributed by atoms with Crippen molar-refractivity contribution in [2.75, 3.05) is 0 Å². The highest BCUT2D eigenvalue weighted by atomic mass is 79.9. The summed E-state index contributed by atoms with van der Waals surface area (Å²) in [7, 11) is 0. The maximum Gasteiger partial charge on any atom is 0.283 e. The molecule has 1 amide bonds. The van der Waals surface area contributed by atoms with Crippen LogP contribution in [0.15, 0.2) is 22.7 Å². The van der Waals surface area contributed by atoms with Gasteiger partial charge in [-0.25, -0.2) is 0 Å². The molecule has 0 heterocycles. The van der Waals surface area contributed by atoms with E-state index in [-0.39, 0.29) is 23.6 Å². The molecular formula is C12H13BrN2O3. The lowest BCUT2D eigenvalue weighted by atomic mass is 10.1. The number of nitrogens with zero attached hydrogens (tertiary/aromatic N) is 1. The Bertz CT molecular complexity index is 504. The highest BCUT2D eigenvalue weighted by molar-refractivity contribution is 9.10. The Balaban J connectivity index is 2.10. The molecule has 2 atom stereocenters. The zero-order valence-corrected chi connectivity index (χ0v) is 11.4. The van der Waals surface area contributed by atoms with Gasteiger partial charge in [0.15, 0.2) is 0 Å². The number of hydrogen-bond donors (Lipinski definition) is 1. The van der Waals surface area contributed by atoms with E-state index in [1.807, 2.05) is 6.07 Å². The summed E-state index contributed by atoms with van der Waals surface area (Å²) in [5.74, 6) is 0.224. The minimum Gasteiger partial charge on any atom is -0.353 e. The largest absolute Gasteiger partial charge is 0.353 e. The van der Waals surface area contributed by atoms with Gasteiger partial charge in [0.1, 0.15) is 0 Å². The number of nitrogens with one attached hydrogen (secondary N) is 1. The Hall–Kier alpha value is -1.43. The number of carbonyl (C=O) groups is 1. The van der Waals surface area contributed by atoms with Crippen LogP contribution in [0.5, 0.6) is 0 Å². The molecule has 0 saturated heterocycles. The van der Waals surface area contributed by atoms with Gasteiger partial charge in [0.05, 0.1) is 9.40 Å². The number of hydrogen-bond acceptors (Lipinski definition) is 3. The molecule has 0 aliphatic heterocycles. The van der Waals surface area contributed by atoms with E-state index in [1.165, 1.54) is 0 Å². The normalized spacial score (nSPS) is 21.4. The van der Waals surface area contributed by atoms with Gasteiger partial charge >= 0.3 is 0 Å². The van der Waals surface area contributed by atoms with Crippen LogP contribution < -0.4 is 5.32 Å². The summed E-state index contributed by atoms with van der Waals surface area (Å²) in [5.41, 5.74) is 0.978. The molecule has 0 spiro atoms. The van der Waals surface area contributed by atoms with Gasteiger partial charge in [-0.2, -0.15) is 0 Å². The van der Waals surface area contributed by atoms with E-state index in [0.717, 1.165) is 12.0 Å². The second kappa shape index (κ2) is 5.06. The number of nitro benzene ring substituents is 1. The van der Waals surface area contributed by atoms with Crippen molar-refractivity contribution in [3.05, 3.63) is 38.3 Å². The molecule has 1 aliphatic carbocycles. The lowest BCUT2D eigenvalue weighted by Gasteiger charge is -2.03. The molecule has 18 heavy (non-hydrogen) atoms. The van der Waals surface area contributed by atoms with E-state index in [0.29, 0.717) is 10.9 Å². The molecule has 1 N–H and O–H groups in total. The van der Waals surface area contributed by atoms with Crippen molar-refractivity contribution in [2.45, 2.75) is 31.7 Å². The lowest BCUT2D eigenvalue weighted by molar-refractivity contribution is -0.385. The third-order valence-electron chi connectivity index (χ3n) is 3.05. The van der Waals surface area contributed by atoms with Crippen LogP contribution in [0.2, 0.25) is 0 Å². The van der Waals surface area contributed by atoms with Crippen LogP contribution in [0.4, 0.5) is 5.69 Å². The number of rotatable bonds is 4. The minimum atomic E-state index is -0.407. The first-order valence-electron chi connectivity index (χ1n) is 5.76. The van der Waals surface area contributed by atoms with E-state index in [2.05, 4.69) is 21.2 Å². The van der Waals surface area contributed by atoms with Gasteiger partial charge in [-0.1, -0.05) is 13.0 Å². The topological polar surface area (TPSA) is 72.2 Å². The summed E-state index contributed by atoms with van der Waals surface area (Å²) in [4.78, 5) is 21.7. The van der Waals surface area contributed by atoms with Crippen LogP contribution in [-0.2, 0) is 4.79 Å². The highest BCUT2D eigenvalue weighted by Crippen LogP contribution is 2.42. The number of halogens is 1. The molecule has 1 aromatic carbocycles. The van der Waals surface area contributed by atoms with Crippen molar-refractivity contribution in [3.63, 3.8) is 0 Å². The highest BCUT2D eigenvalue weighted by Gasteiger charge is 2.39. The summed E-state index contributed by atoms with van der Waals surface area (Å²) >= 11 is 3.16. The number of nitro groups is 1. The van der Waals surface area contributed by atoms with Crippen molar-refractivity contribution in [1.29, 1.82) is 0 Å². The van der Waals surface area contributed by atoms with Crippen molar-refractivity contribution >= 4 is 27.5 Å². The van der Waals surface area contributed by atoms with Gasteiger partial charge in [-0.05, 0) is 34.0 Å². The molecule has 96 valence electrons. The van der Waals surface area contributed by atoms with Gasteiger partial charge in [0, 0.05) is 24.4 Å². The molecule has 1 fully saturated rings. The van der Waals surface area contributed by atoms with E-state index in [4.69, 9.17) is 0 Å². The minimum absolute atomic E-state index is 0.0223. The fraction of sp³-hybridized carbons (Fsp3) is 0.417. The van der Waals surface area contributed by atoms with Gasteiger partial charge in [-0.15, -0.1) is 0 Å². The van der Waals surface area contributed by atoms with Crippen molar-refractivity contribution in [2.24, 2.45) is 0 Å². The average molecular weight is 313 g/mol. The third kappa shape index (κ3) is 2.69. The fourth-order valence-electron chi connectivity index (χ4n) is 1.93. The Morgan fingerprint density at radius 2 is 2.33 bits per heavy atom. The first-order valence-corrected chi connectivity index (χ1v) is 6.55. The van der Waals surface area contributed by atoms with Crippen LogP contribution >= 0.6 is 15.9 Å². The van der Waals surface area contributed by atoms with E-state index in [1.54, 1.807) is 19.1 Å². The first kappa shape index (κ1) is 13.0. The van der Waals surface area contributed by atoms with Crippen molar-refractivity contribution < 1.29 is 9.72 Å². The van der Waals surface area contributed by atoms with Crippen molar-refractivity contribution in [3.8, 4) is 0 Å². The molecule has 0 aromatic heterocycles. The van der Waals surface area contributed by atoms with Gasteiger partial charge in [0.25, 0.3) is 5.69 Å². The molecule has 5 nitrogen and oxygen atoms in total. The molecule has 2 unspecified atom stereocenters. The Morgan fingerprint density at radius 3 is 2.94 bits per heavy atom. The molecule has 0 radical (unpaired) electrons.